The Morgan fingerprint density at radius 1 is 1.33 bits per heavy atom. The molecule has 5 heteroatoms. The molecule has 0 aromatic heterocycles. The SMILES string of the molecule is CCC(C(=O)O)N(C)C(=O)N1CC2CCCC2C1. The first-order valence-electron chi connectivity index (χ1n) is 6.79. The lowest BCUT2D eigenvalue weighted by atomic mass is 10.0. The molecule has 5 nitrogen and oxygen atoms in total. The molecular formula is C13H22N2O3. The predicted octanol–water partition coefficient (Wildman–Crippen LogP) is 1.63. The molecule has 2 fully saturated rings. The first-order valence-corrected chi connectivity index (χ1v) is 6.79. The number of hydrogen-bond acceptors (Lipinski definition) is 2. The van der Waals surface area contributed by atoms with E-state index in [1.165, 1.54) is 24.2 Å². The zero-order valence-electron chi connectivity index (χ0n) is 11.1. The molecule has 1 N–H and O–H groups in total. The van der Waals surface area contributed by atoms with Crippen molar-refractivity contribution in [3.63, 3.8) is 0 Å². The molecule has 3 unspecified atom stereocenters. The second kappa shape index (κ2) is 5.16. The number of nitrogens with zero attached hydrogens (tertiary/aromatic N) is 2. The highest BCUT2D eigenvalue weighted by Crippen LogP contribution is 2.38. The van der Waals surface area contributed by atoms with Gasteiger partial charge >= 0.3 is 12.0 Å². The lowest BCUT2D eigenvalue weighted by molar-refractivity contribution is -0.142. The van der Waals surface area contributed by atoms with E-state index in [1.54, 1.807) is 14.0 Å². The van der Waals surface area contributed by atoms with Gasteiger partial charge in [-0.05, 0) is 31.1 Å². The number of fused-ring (bicyclic) bond motifs is 1. The molecule has 1 aliphatic heterocycles. The van der Waals surface area contributed by atoms with Crippen LogP contribution in [0, 0.1) is 11.8 Å². The van der Waals surface area contributed by atoms with E-state index in [1.807, 2.05) is 4.90 Å². The van der Waals surface area contributed by atoms with E-state index in [9.17, 15) is 9.59 Å². The van der Waals surface area contributed by atoms with Crippen molar-refractivity contribution in [2.45, 2.75) is 38.6 Å². The predicted molar refractivity (Wildman–Crippen MR) is 67.3 cm³/mol. The van der Waals surface area contributed by atoms with E-state index < -0.39 is 12.0 Å². The minimum absolute atomic E-state index is 0.126. The first kappa shape index (κ1) is 13.2. The van der Waals surface area contributed by atoms with Gasteiger partial charge in [-0.2, -0.15) is 0 Å². The van der Waals surface area contributed by atoms with Gasteiger partial charge in [0.25, 0.3) is 0 Å². The highest BCUT2D eigenvalue weighted by Gasteiger charge is 2.40. The van der Waals surface area contributed by atoms with Crippen LogP contribution < -0.4 is 0 Å². The quantitative estimate of drug-likeness (QED) is 0.832. The third-order valence-corrected chi connectivity index (χ3v) is 4.44. The molecule has 3 atom stereocenters. The molecule has 2 amide bonds. The van der Waals surface area contributed by atoms with Crippen molar-refractivity contribution in [2.75, 3.05) is 20.1 Å². The minimum atomic E-state index is -0.923. The van der Waals surface area contributed by atoms with Crippen LogP contribution in [-0.4, -0.2) is 53.1 Å². The molecule has 2 rings (SSSR count). The van der Waals surface area contributed by atoms with Gasteiger partial charge in [-0.25, -0.2) is 9.59 Å². The van der Waals surface area contributed by atoms with Crippen LogP contribution in [0.15, 0.2) is 0 Å². The standard InChI is InChI=1S/C13H22N2O3/c1-3-11(12(16)17)14(2)13(18)15-7-9-5-4-6-10(9)8-15/h9-11H,3-8H2,1-2H3,(H,16,17). The monoisotopic (exact) mass is 254 g/mol. The number of aliphatic carboxylic acids is 1. The number of rotatable bonds is 3. The van der Waals surface area contributed by atoms with Crippen LogP contribution in [0.25, 0.3) is 0 Å². The summed E-state index contributed by atoms with van der Waals surface area (Å²) >= 11 is 0. The zero-order chi connectivity index (χ0) is 13.3. The Kier molecular flexibility index (Phi) is 3.78. The molecule has 1 saturated heterocycles. The molecule has 1 heterocycles. The molecule has 1 saturated carbocycles. The van der Waals surface area contributed by atoms with Crippen LogP contribution in [-0.2, 0) is 4.79 Å². The Bertz CT molecular complexity index is 333. The highest BCUT2D eigenvalue weighted by atomic mass is 16.4. The maximum Gasteiger partial charge on any atom is 0.326 e. The summed E-state index contributed by atoms with van der Waals surface area (Å²) in [6.45, 7) is 3.41. The van der Waals surface area contributed by atoms with Crippen molar-refractivity contribution in [1.82, 2.24) is 9.80 Å². The van der Waals surface area contributed by atoms with Gasteiger partial charge in [-0.3, -0.25) is 0 Å². The van der Waals surface area contributed by atoms with E-state index in [2.05, 4.69) is 0 Å². The lowest BCUT2D eigenvalue weighted by Gasteiger charge is -2.29. The first-order chi connectivity index (χ1) is 8.54. The molecule has 0 spiro atoms. The van der Waals surface area contributed by atoms with Crippen LogP contribution >= 0.6 is 0 Å². The molecule has 0 bridgehead atoms. The summed E-state index contributed by atoms with van der Waals surface area (Å²) in [5.74, 6) is 0.368. The van der Waals surface area contributed by atoms with Crippen molar-refractivity contribution >= 4 is 12.0 Å². The van der Waals surface area contributed by atoms with Crippen molar-refractivity contribution in [3.05, 3.63) is 0 Å². The number of hydrogen-bond donors (Lipinski definition) is 1. The van der Waals surface area contributed by atoms with Gasteiger partial charge < -0.3 is 14.9 Å². The average molecular weight is 254 g/mol. The van der Waals surface area contributed by atoms with E-state index >= 15 is 0 Å². The largest absolute Gasteiger partial charge is 0.480 e. The number of likely N-dealkylation sites (tertiary alicyclic amines) is 1. The van der Waals surface area contributed by atoms with E-state index in [-0.39, 0.29) is 6.03 Å². The number of likely N-dealkylation sites (N-methyl/N-ethyl adjacent to an activating group) is 1. The Morgan fingerprint density at radius 2 is 1.89 bits per heavy atom. The fraction of sp³-hybridized carbons (Fsp3) is 0.846. The fourth-order valence-electron chi connectivity index (χ4n) is 3.36. The van der Waals surface area contributed by atoms with Gasteiger partial charge in [-0.15, -0.1) is 0 Å². The summed E-state index contributed by atoms with van der Waals surface area (Å²) in [6.07, 6.45) is 4.15. The topological polar surface area (TPSA) is 60.9 Å². The van der Waals surface area contributed by atoms with Crippen LogP contribution in [0.1, 0.15) is 32.6 Å². The van der Waals surface area contributed by atoms with Crippen molar-refractivity contribution < 1.29 is 14.7 Å². The Morgan fingerprint density at radius 3 is 2.33 bits per heavy atom. The van der Waals surface area contributed by atoms with Crippen molar-refractivity contribution in [1.29, 1.82) is 0 Å². The van der Waals surface area contributed by atoms with Crippen LogP contribution in [0.4, 0.5) is 4.79 Å². The third-order valence-electron chi connectivity index (χ3n) is 4.44. The van der Waals surface area contributed by atoms with Crippen molar-refractivity contribution in [3.8, 4) is 0 Å². The Hall–Kier alpha value is -1.26. The Labute approximate surface area is 108 Å². The van der Waals surface area contributed by atoms with Gasteiger partial charge in [0.2, 0.25) is 0 Å². The maximum atomic E-state index is 12.3. The Balaban J connectivity index is 1.97. The molecule has 102 valence electrons. The molecule has 0 radical (unpaired) electrons. The highest BCUT2D eigenvalue weighted by molar-refractivity contribution is 5.82. The van der Waals surface area contributed by atoms with Crippen LogP contribution in [0.3, 0.4) is 0 Å². The molecule has 0 aromatic rings. The second-order valence-corrected chi connectivity index (χ2v) is 5.51. The fourth-order valence-corrected chi connectivity index (χ4v) is 3.36. The smallest absolute Gasteiger partial charge is 0.326 e. The summed E-state index contributed by atoms with van der Waals surface area (Å²) in [7, 11) is 1.60. The lowest BCUT2D eigenvalue weighted by Crippen LogP contribution is -2.48. The van der Waals surface area contributed by atoms with Crippen LogP contribution in [0.2, 0.25) is 0 Å². The third kappa shape index (κ3) is 2.31. The van der Waals surface area contributed by atoms with Crippen LogP contribution in [0.5, 0.6) is 0 Å². The maximum absolute atomic E-state index is 12.3. The number of amides is 2. The van der Waals surface area contributed by atoms with E-state index in [0.29, 0.717) is 18.3 Å². The zero-order valence-corrected chi connectivity index (χ0v) is 11.1. The van der Waals surface area contributed by atoms with E-state index in [0.717, 1.165) is 13.1 Å². The van der Waals surface area contributed by atoms with Gasteiger partial charge in [0.15, 0.2) is 0 Å². The molecule has 2 aliphatic rings. The van der Waals surface area contributed by atoms with Gasteiger partial charge in [0.05, 0.1) is 0 Å². The molecule has 18 heavy (non-hydrogen) atoms. The molecular weight excluding hydrogens is 232 g/mol. The van der Waals surface area contributed by atoms with Gasteiger partial charge in [-0.1, -0.05) is 13.3 Å². The second-order valence-electron chi connectivity index (χ2n) is 5.51. The summed E-state index contributed by atoms with van der Waals surface area (Å²) in [6, 6.07) is -0.836. The summed E-state index contributed by atoms with van der Waals surface area (Å²) in [4.78, 5) is 26.6. The summed E-state index contributed by atoms with van der Waals surface area (Å²) in [5.41, 5.74) is 0. The van der Waals surface area contributed by atoms with Crippen molar-refractivity contribution in [2.24, 2.45) is 11.8 Å². The number of urea groups is 1. The van der Waals surface area contributed by atoms with Gasteiger partial charge in [0, 0.05) is 20.1 Å². The normalized spacial score (nSPS) is 28.0. The number of carbonyl (C=O) groups excluding carboxylic acids is 1. The number of carboxylic acids is 1. The number of carbonyl (C=O) groups is 2. The molecule has 1 aliphatic carbocycles. The summed E-state index contributed by atoms with van der Waals surface area (Å²) in [5, 5.41) is 9.08. The molecule has 0 aromatic carbocycles. The minimum Gasteiger partial charge on any atom is -0.480 e. The van der Waals surface area contributed by atoms with E-state index in [4.69, 9.17) is 5.11 Å². The summed E-state index contributed by atoms with van der Waals surface area (Å²) < 4.78 is 0. The van der Waals surface area contributed by atoms with Gasteiger partial charge in [0.1, 0.15) is 6.04 Å². The average Bonchev–Trinajstić information content (AvgIpc) is 2.88. The number of carboxylic acid groups (broad SMARTS) is 1.